The minimum Gasteiger partial charge on any atom is -0.396 e. The van der Waals surface area contributed by atoms with E-state index in [1.54, 1.807) is 0 Å². The van der Waals surface area contributed by atoms with Gasteiger partial charge in [-0.3, -0.25) is 0 Å². The zero-order chi connectivity index (χ0) is 12.2. The van der Waals surface area contributed by atoms with Gasteiger partial charge in [0, 0.05) is 25.8 Å². The minimum atomic E-state index is -0.511. The van der Waals surface area contributed by atoms with E-state index in [0.29, 0.717) is 39.4 Å². The van der Waals surface area contributed by atoms with Crippen LogP contribution in [-0.4, -0.2) is 61.9 Å². The Hall–Kier alpha value is -0.200. The van der Waals surface area contributed by atoms with Gasteiger partial charge in [-0.05, 0) is 20.3 Å². The molecule has 0 spiro atoms. The monoisotopic (exact) mass is 235 g/mol. The first-order valence-corrected chi connectivity index (χ1v) is 5.88. The van der Waals surface area contributed by atoms with Crippen molar-refractivity contribution in [2.75, 3.05) is 39.6 Å². The van der Waals surface area contributed by atoms with E-state index in [-0.39, 0.29) is 12.6 Å². The van der Waals surface area contributed by atoms with Gasteiger partial charge in [-0.25, -0.2) is 0 Å². The molecule has 5 nitrogen and oxygen atoms in total. The molecule has 2 unspecified atom stereocenters. The van der Waals surface area contributed by atoms with Crippen molar-refractivity contribution in [3.63, 3.8) is 0 Å². The third-order valence-corrected chi connectivity index (χ3v) is 2.15. The van der Waals surface area contributed by atoms with E-state index in [2.05, 4.69) is 5.32 Å². The normalized spacial score (nSPS) is 15.0. The molecule has 0 aliphatic carbocycles. The van der Waals surface area contributed by atoms with Crippen LogP contribution >= 0.6 is 0 Å². The summed E-state index contributed by atoms with van der Waals surface area (Å²) >= 11 is 0. The molecule has 3 N–H and O–H groups in total. The zero-order valence-electron chi connectivity index (χ0n) is 10.3. The summed E-state index contributed by atoms with van der Waals surface area (Å²) in [7, 11) is 0. The molecule has 0 aromatic heterocycles. The second-order valence-corrected chi connectivity index (χ2v) is 3.75. The second kappa shape index (κ2) is 11.3. The fourth-order valence-corrected chi connectivity index (χ4v) is 1.17. The van der Waals surface area contributed by atoms with Crippen molar-refractivity contribution in [3.05, 3.63) is 0 Å². The highest BCUT2D eigenvalue weighted by Gasteiger charge is 2.06. The van der Waals surface area contributed by atoms with E-state index in [0.717, 1.165) is 0 Å². The van der Waals surface area contributed by atoms with Gasteiger partial charge < -0.3 is 25.0 Å². The Morgan fingerprint density at radius 3 is 2.56 bits per heavy atom. The molecule has 0 radical (unpaired) electrons. The van der Waals surface area contributed by atoms with Gasteiger partial charge in [0.05, 0.1) is 25.9 Å². The molecule has 98 valence electrons. The van der Waals surface area contributed by atoms with Gasteiger partial charge in [-0.2, -0.15) is 0 Å². The molecule has 0 fully saturated rings. The van der Waals surface area contributed by atoms with Crippen molar-refractivity contribution < 1.29 is 19.7 Å². The van der Waals surface area contributed by atoms with Crippen LogP contribution in [0.2, 0.25) is 0 Å². The van der Waals surface area contributed by atoms with Gasteiger partial charge in [0.15, 0.2) is 0 Å². The summed E-state index contributed by atoms with van der Waals surface area (Å²) in [5.74, 6) is 0. The number of nitrogens with one attached hydrogen (secondary N) is 1. The minimum absolute atomic E-state index is 0.162. The topological polar surface area (TPSA) is 71.0 Å². The van der Waals surface area contributed by atoms with Crippen molar-refractivity contribution in [1.29, 1.82) is 0 Å². The molecule has 0 saturated carbocycles. The van der Waals surface area contributed by atoms with E-state index >= 15 is 0 Å². The molecular formula is C11H25NO4. The molecule has 0 bridgehead atoms. The molecule has 2 atom stereocenters. The average molecular weight is 235 g/mol. The fraction of sp³-hybridized carbons (Fsp3) is 1.00. The maximum Gasteiger partial charge on any atom is 0.0897 e. The summed E-state index contributed by atoms with van der Waals surface area (Å²) in [6.07, 6.45) is 0.181. The van der Waals surface area contributed by atoms with Crippen molar-refractivity contribution in [2.24, 2.45) is 0 Å². The third kappa shape index (κ3) is 10.3. The van der Waals surface area contributed by atoms with Gasteiger partial charge in [0.25, 0.3) is 0 Å². The molecule has 0 aromatic rings. The van der Waals surface area contributed by atoms with E-state index in [1.165, 1.54) is 0 Å². The van der Waals surface area contributed by atoms with Gasteiger partial charge in [-0.15, -0.1) is 0 Å². The van der Waals surface area contributed by atoms with E-state index < -0.39 is 6.10 Å². The predicted molar refractivity (Wildman–Crippen MR) is 62.5 cm³/mol. The Morgan fingerprint density at radius 1 is 1.25 bits per heavy atom. The van der Waals surface area contributed by atoms with Crippen LogP contribution in [0.1, 0.15) is 20.3 Å². The average Bonchev–Trinajstić information content (AvgIpc) is 2.26. The number of hydrogen-bond donors (Lipinski definition) is 3. The second-order valence-electron chi connectivity index (χ2n) is 3.75. The molecule has 5 heteroatoms. The highest BCUT2D eigenvalue weighted by Crippen LogP contribution is 1.90. The summed E-state index contributed by atoms with van der Waals surface area (Å²) < 4.78 is 10.3. The van der Waals surface area contributed by atoms with Crippen LogP contribution < -0.4 is 5.32 Å². The lowest BCUT2D eigenvalue weighted by Crippen LogP contribution is -2.36. The van der Waals surface area contributed by atoms with Crippen molar-refractivity contribution in [2.45, 2.75) is 32.4 Å². The first-order valence-electron chi connectivity index (χ1n) is 5.88. The van der Waals surface area contributed by atoms with E-state index in [4.69, 9.17) is 14.6 Å². The molecule has 0 rings (SSSR count). The summed E-state index contributed by atoms with van der Waals surface area (Å²) in [5.41, 5.74) is 0. The number of rotatable bonds is 11. The third-order valence-electron chi connectivity index (χ3n) is 2.15. The van der Waals surface area contributed by atoms with Crippen LogP contribution in [0, 0.1) is 0 Å². The zero-order valence-corrected chi connectivity index (χ0v) is 10.3. The van der Waals surface area contributed by atoms with Crippen LogP contribution in [0.25, 0.3) is 0 Å². The lowest BCUT2D eigenvalue weighted by molar-refractivity contribution is 0.00568. The van der Waals surface area contributed by atoms with E-state index in [9.17, 15) is 5.11 Å². The number of aliphatic hydroxyl groups is 2. The smallest absolute Gasteiger partial charge is 0.0897 e. The Kier molecular flexibility index (Phi) is 11.1. The molecule has 0 heterocycles. The molecular weight excluding hydrogens is 210 g/mol. The van der Waals surface area contributed by atoms with Crippen molar-refractivity contribution in [1.82, 2.24) is 5.32 Å². The first-order chi connectivity index (χ1) is 7.70. The molecule has 0 aliphatic heterocycles. The lowest BCUT2D eigenvalue weighted by Gasteiger charge is -2.16. The Balaban J connectivity index is 3.27. The highest BCUT2D eigenvalue weighted by molar-refractivity contribution is 4.64. The molecule has 0 aromatic carbocycles. The lowest BCUT2D eigenvalue weighted by atomic mass is 10.2. The quantitative estimate of drug-likeness (QED) is 0.431. The SMILES string of the molecule is CCOCCOCC(O)CNC(C)CCO. The Morgan fingerprint density at radius 2 is 1.94 bits per heavy atom. The Bertz CT molecular complexity index is 146. The largest absolute Gasteiger partial charge is 0.396 e. The van der Waals surface area contributed by atoms with Gasteiger partial charge in [0.1, 0.15) is 0 Å². The predicted octanol–water partition coefficient (Wildman–Crippen LogP) is -0.239. The summed E-state index contributed by atoms with van der Waals surface area (Å²) in [4.78, 5) is 0. The molecule has 16 heavy (non-hydrogen) atoms. The fourth-order valence-electron chi connectivity index (χ4n) is 1.17. The first kappa shape index (κ1) is 15.8. The standard InChI is InChI=1S/C11H25NO4/c1-3-15-6-7-16-9-11(14)8-12-10(2)4-5-13/h10-14H,3-9H2,1-2H3. The van der Waals surface area contributed by atoms with Crippen LogP contribution in [0.15, 0.2) is 0 Å². The maximum atomic E-state index is 9.53. The summed E-state index contributed by atoms with van der Waals surface area (Å²) in [6, 6.07) is 0.211. The van der Waals surface area contributed by atoms with Gasteiger partial charge in [0.2, 0.25) is 0 Å². The highest BCUT2D eigenvalue weighted by atomic mass is 16.5. The number of hydrogen-bond acceptors (Lipinski definition) is 5. The van der Waals surface area contributed by atoms with Crippen LogP contribution in [0.3, 0.4) is 0 Å². The molecule has 0 saturated heterocycles. The van der Waals surface area contributed by atoms with Crippen LogP contribution in [0.5, 0.6) is 0 Å². The maximum absolute atomic E-state index is 9.53. The van der Waals surface area contributed by atoms with E-state index in [1.807, 2.05) is 13.8 Å². The van der Waals surface area contributed by atoms with Crippen molar-refractivity contribution in [3.8, 4) is 0 Å². The van der Waals surface area contributed by atoms with Gasteiger partial charge in [-0.1, -0.05) is 0 Å². The van der Waals surface area contributed by atoms with Crippen LogP contribution in [0.4, 0.5) is 0 Å². The van der Waals surface area contributed by atoms with Crippen LogP contribution in [-0.2, 0) is 9.47 Å². The molecule has 0 aliphatic rings. The number of aliphatic hydroxyl groups excluding tert-OH is 2. The van der Waals surface area contributed by atoms with Gasteiger partial charge >= 0.3 is 0 Å². The van der Waals surface area contributed by atoms with Crippen molar-refractivity contribution >= 4 is 0 Å². The Labute approximate surface area is 97.8 Å². The number of ether oxygens (including phenoxy) is 2. The summed E-state index contributed by atoms with van der Waals surface area (Å²) in [6.45, 7) is 6.62. The summed E-state index contributed by atoms with van der Waals surface area (Å²) in [5, 5.41) is 21.3. The molecule has 0 amide bonds.